The first-order valence-corrected chi connectivity index (χ1v) is 10.8. The molecule has 0 spiro atoms. The molecule has 9 nitrogen and oxygen atoms in total. The second kappa shape index (κ2) is 10.9. The summed E-state index contributed by atoms with van der Waals surface area (Å²) in [5.74, 6) is -2.11. The first-order valence-electron chi connectivity index (χ1n) is 10.8. The Balaban J connectivity index is 1.99. The van der Waals surface area contributed by atoms with Crippen molar-refractivity contribution in [2.75, 3.05) is 38.3 Å². The molecule has 1 fully saturated rings. The van der Waals surface area contributed by atoms with Gasteiger partial charge in [0.05, 0.1) is 36.2 Å². The predicted octanol–water partition coefficient (Wildman–Crippen LogP) is 2.59. The molecule has 2 aromatic rings. The highest BCUT2D eigenvalue weighted by molar-refractivity contribution is 5.85. The minimum atomic E-state index is -1.26. The molecule has 1 aromatic heterocycles. The highest BCUT2D eigenvalue weighted by Gasteiger charge is 2.34. The van der Waals surface area contributed by atoms with Crippen molar-refractivity contribution in [3.8, 4) is 6.07 Å². The second-order valence-corrected chi connectivity index (χ2v) is 7.72. The molecule has 3 rings (SSSR count). The van der Waals surface area contributed by atoms with Gasteiger partial charge < -0.3 is 19.1 Å². The SMILES string of the molecule is CCOC(=O)[C@@H]1CCCN(c2nc3ccccc3nc2[C@@H](C#N)C(=O)O[C@@H](C)COC)C1. The molecule has 0 bridgehead atoms. The van der Waals surface area contributed by atoms with Crippen LogP contribution in [0.3, 0.4) is 0 Å². The van der Waals surface area contributed by atoms with E-state index in [0.717, 1.165) is 6.42 Å². The number of hydrogen-bond donors (Lipinski definition) is 0. The number of rotatable bonds is 8. The van der Waals surface area contributed by atoms with Gasteiger partial charge in [0.25, 0.3) is 0 Å². The zero-order valence-electron chi connectivity index (χ0n) is 18.6. The summed E-state index contributed by atoms with van der Waals surface area (Å²) in [4.78, 5) is 36.4. The van der Waals surface area contributed by atoms with Crippen molar-refractivity contribution in [1.82, 2.24) is 9.97 Å². The van der Waals surface area contributed by atoms with Crippen molar-refractivity contribution < 1.29 is 23.8 Å². The van der Waals surface area contributed by atoms with Gasteiger partial charge in [-0.25, -0.2) is 9.97 Å². The lowest BCUT2D eigenvalue weighted by Gasteiger charge is -2.33. The van der Waals surface area contributed by atoms with Gasteiger partial charge in [-0.2, -0.15) is 5.26 Å². The summed E-state index contributed by atoms with van der Waals surface area (Å²) >= 11 is 0. The van der Waals surface area contributed by atoms with Gasteiger partial charge in [0.2, 0.25) is 0 Å². The molecule has 9 heteroatoms. The van der Waals surface area contributed by atoms with Crippen LogP contribution in [0, 0.1) is 17.2 Å². The number of carbonyl (C=O) groups excluding carboxylic acids is 2. The lowest BCUT2D eigenvalue weighted by atomic mass is 9.97. The summed E-state index contributed by atoms with van der Waals surface area (Å²) < 4.78 is 15.6. The van der Waals surface area contributed by atoms with Crippen molar-refractivity contribution in [2.24, 2.45) is 5.92 Å². The van der Waals surface area contributed by atoms with Crippen molar-refractivity contribution in [2.45, 2.75) is 38.7 Å². The Morgan fingerprint density at radius 1 is 1.28 bits per heavy atom. The third kappa shape index (κ3) is 5.32. The lowest BCUT2D eigenvalue weighted by Crippen LogP contribution is -2.41. The number of piperidine rings is 1. The van der Waals surface area contributed by atoms with Crippen LogP contribution in [0.5, 0.6) is 0 Å². The molecule has 0 amide bonds. The van der Waals surface area contributed by atoms with Gasteiger partial charge >= 0.3 is 11.9 Å². The Morgan fingerprint density at radius 3 is 2.66 bits per heavy atom. The minimum absolute atomic E-state index is 0.216. The zero-order chi connectivity index (χ0) is 23.1. The first kappa shape index (κ1) is 23.4. The number of nitrogens with zero attached hydrogens (tertiary/aromatic N) is 4. The van der Waals surface area contributed by atoms with Crippen LogP contribution in [0.1, 0.15) is 38.3 Å². The monoisotopic (exact) mass is 440 g/mol. The summed E-state index contributed by atoms with van der Waals surface area (Å²) in [6, 6.07) is 9.29. The van der Waals surface area contributed by atoms with Crippen LogP contribution in [0.2, 0.25) is 0 Å². The number of nitriles is 1. The molecule has 0 unspecified atom stereocenters. The van der Waals surface area contributed by atoms with Crippen LogP contribution in [0.15, 0.2) is 24.3 Å². The Bertz CT molecular complexity index is 1010. The van der Waals surface area contributed by atoms with E-state index in [2.05, 4.69) is 4.98 Å². The van der Waals surface area contributed by atoms with Gasteiger partial charge in [-0.05, 0) is 38.8 Å². The average Bonchev–Trinajstić information content (AvgIpc) is 2.79. The number of ether oxygens (including phenoxy) is 3. The fourth-order valence-electron chi connectivity index (χ4n) is 3.81. The number of hydrogen-bond acceptors (Lipinski definition) is 9. The zero-order valence-corrected chi connectivity index (χ0v) is 18.6. The number of anilines is 1. The predicted molar refractivity (Wildman–Crippen MR) is 117 cm³/mol. The average molecular weight is 441 g/mol. The number of methoxy groups -OCH3 is 1. The molecule has 0 aliphatic carbocycles. The largest absolute Gasteiger partial charge is 0.466 e. The fourth-order valence-corrected chi connectivity index (χ4v) is 3.81. The molecule has 1 aliphatic rings. The molecule has 2 heterocycles. The van der Waals surface area contributed by atoms with Crippen LogP contribution in [-0.4, -0.2) is 61.4 Å². The quantitative estimate of drug-likeness (QED) is 0.571. The summed E-state index contributed by atoms with van der Waals surface area (Å²) in [5, 5.41) is 9.86. The molecular weight excluding hydrogens is 412 g/mol. The van der Waals surface area contributed by atoms with Gasteiger partial charge in [-0.15, -0.1) is 0 Å². The van der Waals surface area contributed by atoms with Crippen LogP contribution >= 0.6 is 0 Å². The molecule has 32 heavy (non-hydrogen) atoms. The number of fused-ring (bicyclic) bond motifs is 1. The van der Waals surface area contributed by atoms with Crippen LogP contribution in [0.25, 0.3) is 11.0 Å². The van der Waals surface area contributed by atoms with E-state index in [1.54, 1.807) is 19.9 Å². The van der Waals surface area contributed by atoms with Crippen molar-refractivity contribution in [3.05, 3.63) is 30.0 Å². The highest BCUT2D eigenvalue weighted by Crippen LogP contribution is 2.31. The molecule has 0 radical (unpaired) electrons. The van der Waals surface area contributed by atoms with Gasteiger partial charge in [-0.3, -0.25) is 9.59 Å². The van der Waals surface area contributed by atoms with Gasteiger partial charge in [-0.1, -0.05) is 12.1 Å². The maximum absolute atomic E-state index is 12.8. The lowest BCUT2D eigenvalue weighted by molar-refractivity contribution is -0.151. The molecule has 0 saturated carbocycles. The number of carbonyl (C=O) groups is 2. The molecule has 3 atom stereocenters. The number of esters is 2. The Labute approximate surface area is 187 Å². The molecule has 0 N–H and O–H groups in total. The maximum Gasteiger partial charge on any atom is 0.330 e. The first-order chi connectivity index (χ1) is 15.5. The number of para-hydroxylation sites is 2. The normalized spacial score (nSPS) is 17.9. The van der Waals surface area contributed by atoms with Crippen molar-refractivity contribution >= 4 is 28.8 Å². The standard InChI is InChI=1S/C23H28N4O5/c1-4-31-22(28)16-8-7-11-27(13-16)21-20(25-18-9-5-6-10-19(18)26-21)17(12-24)23(29)32-15(2)14-30-3/h5-6,9-10,15-17H,4,7-8,11,13-14H2,1-3H3/t15-,16+,17+/m0/s1. The number of benzene rings is 1. The fraction of sp³-hybridized carbons (Fsp3) is 0.522. The van der Waals surface area contributed by atoms with Crippen LogP contribution < -0.4 is 4.90 Å². The minimum Gasteiger partial charge on any atom is -0.466 e. The second-order valence-electron chi connectivity index (χ2n) is 7.72. The smallest absolute Gasteiger partial charge is 0.330 e. The van der Waals surface area contributed by atoms with E-state index in [9.17, 15) is 14.9 Å². The topological polar surface area (TPSA) is 115 Å². The number of aromatic nitrogens is 2. The van der Waals surface area contributed by atoms with E-state index in [1.807, 2.05) is 29.2 Å². The van der Waals surface area contributed by atoms with E-state index in [1.165, 1.54) is 7.11 Å². The molecule has 1 saturated heterocycles. The van der Waals surface area contributed by atoms with Gasteiger partial charge in [0, 0.05) is 20.2 Å². The van der Waals surface area contributed by atoms with Crippen molar-refractivity contribution in [1.29, 1.82) is 5.26 Å². The molecule has 170 valence electrons. The summed E-state index contributed by atoms with van der Waals surface area (Å²) in [6.07, 6.45) is 0.955. The summed E-state index contributed by atoms with van der Waals surface area (Å²) in [5.41, 5.74) is 1.44. The Morgan fingerprint density at radius 2 is 2.00 bits per heavy atom. The highest BCUT2D eigenvalue weighted by atomic mass is 16.6. The molecule has 1 aliphatic heterocycles. The summed E-state index contributed by atoms with van der Waals surface area (Å²) in [6.45, 7) is 5.01. The van der Waals surface area contributed by atoms with Crippen LogP contribution in [-0.2, 0) is 23.8 Å². The van der Waals surface area contributed by atoms with Crippen LogP contribution in [0.4, 0.5) is 5.82 Å². The maximum atomic E-state index is 12.8. The molecular formula is C23H28N4O5. The third-order valence-corrected chi connectivity index (χ3v) is 5.28. The van der Waals surface area contributed by atoms with Gasteiger partial charge in [0.1, 0.15) is 11.8 Å². The van der Waals surface area contributed by atoms with E-state index in [0.29, 0.717) is 43.0 Å². The van der Waals surface area contributed by atoms with E-state index >= 15 is 0 Å². The van der Waals surface area contributed by atoms with E-state index in [4.69, 9.17) is 19.2 Å². The third-order valence-electron chi connectivity index (χ3n) is 5.28. The van der Waals surface area contributed by atoms with E-state index < -0.39 is 18.0 Å². The van der Waals surface area contributed by atoms with E-state index in [-0.39, 0.29) is 24.2 Å². The Kier molecular flexibility index (Phi) is 7.95. The molecule has 1 aromatic carbocycles. The van der Waals surface area contributed by atoms with Gasteiger partial charge in [0.15, 0.2) is 11.7 Å². The Hall–Kier alpha value is -3.25. The van der Waals surface area contributed by atoms with Crippen molar-refractivity contribution in [3.63, 3.8) is 0 Å². The summed E-state index contributed by atoms with van der Waals surface area (Å²) in [7, 11) is 1.51.